The molecule has 0 spiro atoms. The average molecular weight is 219 g/mol. The van der Waals surface area contributed by atoms with Crippen LogP contribution in [-0.4, -0.2) is 17.0 Å². The fraction of sp³-hybridized carbons (Fsp3) is 0.333. The van der Waals surface area contributed by atoms with Crippen LogP contribution in [0.15, 0.2) is 18.2 Å². The summed E-state index contributed by atoms with van der Waals surface area (Å²) in [6, 6.07) is 5.26. The lowest BCUT2D eigenvalue weighted by Gasteiger charge is -2.20. The second kappa shape index (κ2) is 3.33. The zero-order valence-electron chi connectivity index (χ0n) is 9.20. The number of carbonyl (C=O) groups is 2. The molecule has 0 saturated carbocycles. The molecule has 4 heteroatoms. The lowest BCUT2D eigenvalue weighted by Crippen LogP contribution is -2.28. The van der Waals surface area contributed by atoms with Gasteiger partial charge in [-0.2, -0.15) is 0 Å². The topological polar surface area (TPSA) is 66.4 Å². The summed E-state index contributed by atoms with van der Waals surface area (Å²) in [5, 5.41) is 11.8. The molecule has 1 aromatic rings. The monoisotopic (exact) mass is 219 g/mol. The number of aliphatic carboxylic acids is 1. The van der Waals surface area contributed by atoms with E-state index in [0.717, 1.165) is 5.56 Å². The van der Waals surface area contributed by atoms with Crippen LogP contribution in [0.1, 0.15) is 35.3 Å². The molecule has 1 aliphatic rings. The summed E-state index contributed by atoms with van der Waals surface area (Å²) in [5.74, 6) is -1.02. The molecule has 0 saturated heterocycles. The number of rotatable bonds is 2. The molecule has 1 amide bonds. The molecule has 84 valence electrons. The molecule has 16 heavy (non-hydrogen) atoms. The molecular weight excluding hydrogens is 206 g/mol. The van der Waals surface area contributed by atoms with Crippen LogP contribution >= 0.6 is 0 Å². The molecule has 0 aliphatic carbocycles. The molecule has 2 rings (SSSR count). The highest BCUT2D eigenvalue weighted by Crippen LogP contribution is 2.27. The lowest BCUT2D eigenvalue weighted by atomic mass is 9.83. The molecular formula is C12H13NO3. The minimum atomic E-state index is -0.974. The first-order valence-electron chi connectivity index (χ1n) is 5.08. The van der Waals surface area contributed by atoms with E-state index < -0.39 is 11.4 Å². The van der Waals surface area contributed by atoms with Crippen molar-refractivity contribution < 1.29 is 14.7 Å². The molecule has 0 unspecified atom stereocenters. The Kier molecular flexibility index (Phi) is 2.22. The third kappa shape index (κ3) is 1.46. The van der Waals surface area contributed by atoms with E-state index in [-0.39, 0.29) is 5.91 Å². The summed E-state index contributed by atoms with van der Waals surface area (Å²) in [6.07, 6.45) is 0. The molecule has 0 radical (unpaired) electrons. The quantitative estimate of drug-likeness (QED) is 0.787. The maximum absolute atomic E-state index is 11.5. The Morgan fingerprint density at radius 2 is 2.12 bits per heavy atom. The van der Waals surface area contributed by atoms with Crippen LogP contribution in [0.4, 0.5) is 0 Å². The Morgan fingerprint density at radius 3 is 2.75 bits per heavy atom. The number of hydrogen-bond donors (Lipinski definition) is 2. The Hall–Kier alpha value is -1.84. The third-order valence-electron chi connectivity index (χ3n) is 3.05. The first-order chi connectivity index (χ1) is 7.43. The highest BCUT2D eigenvalue weighted by atomic mass is 16.4. The van der Waals surface area contributed by atoms with E-state index in [1.165, 1.54) is 0 Å². The number of fused-ring (bicyclic) bond motifs is 1. The van der Waals surface area contributed by atoms with E-state index in [0.29, 0.717) is 17.7 Å². The van der Waals surface area contributed by atoms with Crippen molar-refractivity contribution in [2.24, 2.45) is 0 Å². The average Bonchev–Trinajstić information content (AvgIpc) is 2.60. The second-order valence-corrected chi connectivity index (χ2v) is 4.48. The molecule has 2 N–H and O–H groups in total. The summed E-state index contributed by atoms with van der Waals surface area (Å²) in [6.45, 7) is 3.79. The van der Waals surface area contributed by atoms with Crippen molar-refractivity contribution in [2.45, 2.75) is 25.8 Å². The van der Waals surface area contributed by atoms with Gasteiger partial charge in [-0.1, -0.05) is 12.1 Å². The summed E-state index contributed by atoms with van der Waals surface area (Å²) in [7, 11) is 0. The summed E-state index contributed by atoms with van der Waals surface area (Å²) in [4.78, 5) is 22.6. The van der Waals surface area contributed by atoms with E-state index in [4.69, 9.17) is 5.11 Å². The molecule has 0 atom stereocenters. The van der Waals surface area contributed by atoms with Crippen LogP contribution in [0.25, 0.3) is 0 Å². The van der Waals surface area contributed by atoms with Crippen molar-refractivity contribution in [3.63, 3.8) is 0 Å². The molecule has 1 aromatic carbocycles. The van der Waals surface area contributed by atoms with Crippen molar-refractivity contribution in [1.82, 2.24) is 5.32 Å². The molecule has 0 aromatic heterocycles. The number of nitrogens with one attached hydrogen (secondary N) is 1. The van der Waals surface area contributed by atoms with Gasteiger partial charge in [-0.05, 0) is 31.0 Å². The normalized spacial score (nSPS) is 14.5. The van der Waals surface area contributed by atoms with Gasteiger partial charge >= 0.3 is 5.97 Å². The lowest BCUT2D eigenvalue weighted by molar-refractivity contribution is -0.142. The van der Waals surface area contributed by atoms with E-state index in [2.05, 4.69) is 5.32 Å². The van der Waals surface area contributed by atoms with Crippen LogP contribution in [0.5, 0.6) is 0 Å². The fourth-order valence-corrected chi connectivity index (χ4v) is 1.72. The molecule has 1 heterocycles. The number of carbonyl (C=O) groups excluding carboxylic acids is 1. The smallest absolute Gasteiger partial charge is 0.313 e. The summed E-state index contributed by atoms with van der Waals surface area (Å²) >= 11 is 0. The third-order valence-corrected chi connectivity index (χ3v) is 3.05. The van der Waals surface area contributed by atoms with Crippen LogP contribution in [0, 0.1) is 0 Å². The molecule has 4 nitrogen and oxygen atoms in total. The van der Waals surface area contributed by atoms with Gasteiger partial charge in [0.15, 0.2) is 0 Å². The van der Waals surface area contributed by atoms with Crippen molar-refractivity contribution in [2.75, 3.05) is 0 Å². The van der Waals surface area contributed by atoms with Gasteiger partial charge in [0.25, 0.3) is 5.91 Å². The van der Waals surface area contributed by atoms with Gasteiger partial charge in [0.2, 0.25) is 0 Å². The van der Waals surface area contributed by atoms with E-state index in [1.54, 1.807) is 26.0 Å². The number of carboxylic acid groups (broad SMARTS) is 1. The standard InChI is InChI=1S/C12H13NO3/c1-12(2,11(15)16)8-4-3-7-6-13-10(14)9(7)5-8/h3-5H,6H2,1-2H3,(H,13,14)(H,15,16). The molecule has 1 aliphatic heterocycles. The number of amides is 1. The van der Waals surface area contributed by atoms with Crippen LogP contribution in [0.3, 0.4) is 0 Å². The summed E-state index contributed by atoms with van der Waals surface area (Å²) < 4.78 is 0. The van der Waals surface area contributed by atoms with Gasteiger partial charge in [-0.25, -0.2) is 0 Å². The predicted octanol–water partition coefficient (Wildman–Crippen LogP) is 1.29. The molecule has 0 bridgehead atoms. The second-order valence-electron chi connectivity index (χ2n) is 4.48. The largest absolute Gasteiger partial charge is 0.481 e. The minimum Gasteiger partial charge on any atom is -0.481 e. The SMILES string of the molecule is CC(C)(C(=O)O)c1ccc2c(c1)C(=O)NC2. The Bertz CT molecular complexity index is 477. The van der Waals surface area contributed by atoms with Crippen molar-refractivity contribution >= 4 is 11.9 Å². The number of hydrogen-bond acceptors (Lipinski definition) is 2. The maximum atomic E-state index is 11.5. The van der Waals surface area contributed by atoms with Gasteiger partial charge < -0.3 is 10.4 Å². The van der Waals surface area contributed by atoms with E-state index in [1.807, 2.05) is 6.07 Å². The highest BCUT2D eigenvalue weighted by Gasteiger charge is 2.31. The zero-order chi connectivity index (χ0) is 11.9. The summed E-state index contributed by atoms with van der Waals surface area (Å²) in [5.41, 5.74) is 1.19. The fourth-order valence-electron chi connectivity index (χ4n) is 1.72. The minimum absolute atomic E-state index is 0.127. The van der Waals surface area contributed by atoms with E-state index >= 15 is 0 Å². The molecule has 0 fully saturated rings. The number of benzene rings is 1. The van der Waals surface area contributed by atoms with Crippen molar-refractivity contribution in [1.29, 1.82) is 0 Å². The predicted molar refractivity (Wildman–Crippen MR) is 58.3 cm³/mol. The first kappa shape index (κ1) is 10.7. The van der Waals surface area contributed by atoms with Crippen molar-refractivity contribution in [3.05, 3.63) is 34.9 Å². The Morgan fingerprint density at radius 1 is 1.44 bits per heavy atom. The van der Waals surface area contributed by atoms with E-state index in [9.17, 15) is 9.59 Å². The van der Waals surface area contributed by atoms with Crippen LogP contribution in [-0.2, 0) is 16.8 Å². The van der Waals surface area contributed by atoms with Crippen LogP contribution < -0.4 is 5.32 Å². The van der Waals surface area contributed by atoms with Crippen molar-refractivity contribution in [3.8, 4) is 0 Å². The zero-order valence-corrected chi connectivity index (χ0v) is 9.20. The first-order valence-corrected chi connectivity index (χ1v) is 5.08. The Labute approximate surface area is 93.3 Å². The van der Waals surface area contributed by atoms with Gasteiger partial charge in [0.05, 0.1) is 5.41 Å². The highest BCUT2D eigenvalue weighted by molar-refractivity contribution is 5.98. The van der Waals surface area contributed by atoms with Gasteiger partial charge in [0, 0.05) is 12.1 Å². The maximum Gasteiger partial charge on any atom is 0.313 e. The van der Waals surface area contributed by atoms with Gasteiger partial charge in [-0.3, -0.25) is 9.59 Å². The Balaban J connectivity index is 2.50. The van der Waals surface area contributed by atoms with Gasteiger partial charge in [-0.15, -0.1) is 0 Å². The number of carboxylic acids is 1. The van der Waals surface area contributed by atoms with Crippen LogP contribution in [0.2, 0.25) is 0 Å². The van der Waals surface area contributed by atoms with Gasteiger partial charge in [0.1, 0.15) is 0 Å².